The molecule has 104 valence electrons. The summed E-state index contributed by atoms with van der Waals surface area (Å²) in [6, 6.07) is 1.81. The first-order valence-electron chi connectivity index (χ1n) is 6.43. The van der Waals surface area contributed by atoms with Gasteiger partial charge in [0.25, 0.3) is 0 Å². The molecule has 0 saturated heterocycles. The second-order valence-electron chi connectivity index (χ2n) is 6.27. The van der Waals surface area contributed by atoms with Crippen LogP contribution in [-0.4, -0.2) is 11.6 Å². The molecule has 0 bridgehead atoms. The lowest BCUT2D eigenvalue weighted by Gasteiger charge is -2.20. The van der Waals surface area contributed by atoms with Gasteiger partial charge in [0, 0.05) is 16.9 Å². The van der Waals surface area contributed by atoms with Crippen LogP contribution in [-0.2, 0) is 9.59 Å². The Hall–Kier alpha value is -1.69. The number of carbonyl (C=O) groups is 2. The molecule has 0 aromatic carbocycles. The second-order valence-corrected chi connectivity index (χ2v) is 6.27. The standard InChI is InChI=1S/C16H23NO2/c1-15(2,3)13(18)9-6-7-11-16(4,5)14(19)10-8-12-17/h6,8-10H,7,11H2,1-5H3/b9-6+,10-8-. The van der Waals surface area contributed by atoms with E-state index in [1.807, 2.05) is 46.8 Å². The number of rotatable bonds is 6. The Balaban J connectivity index is 4.38. The van der Waals surface area contributed by atoms with Crippen molar-refractivity contribution >= 4 is 11.6 Å². The summed E-state index contributed by atoms with van der Waals surface area (Å²) in [5.74, 6) is 0.0191. The van der Waals surface area contributed by atoms with Crippen molar-refractivity contribution in [2.75, 3.05) is 0 Å². The molecule has 19 heavy (non-hydrogen) atoms. The zero-order chi connectivity index (χ0) is 15.1. The van der Waals surface area contributed by atoms with Gasteiger partial charge in [-0.3, -0.25) is 9.59 Å². The number of ketones is 2. The molecular formula is C16H23NO2. The molecule has 3 nitrogen and oxygen atoms in total. The van der Waals surface area contributed by atoms with Gasteiger partial charge in [0.2, 0.25) is 0 Å². The van der Waals surface area contributed by atoms with Gasteiger partial charge in [0.1, 0.15) is 0 Å². The topological polar surface area (TPSA) is 57.9 Å². The molecule has 0 unspecified atom stereocenters. The lowest BCUT2D eigenvalue weighted by atomic mass is 9.83. The van der Waals surface area contributed by atoms with Gasteiger partial charge in [-0.1, -0.05) is 40.7 Å². The van der Waals surface area contributed by atoms with Crippen molar-refractivity contribution < 1.29 is 9.59 Å². The van der Waals surface area contributed by atoms with Crippen molar-refractivity contribution in [2.24, 2.45) is 10.8 Å². The maximum atomic E-state index is 11.8. The van der Waals surface area contributed by atoms with E-state index in [9.17, 15) is 9.59 Å². The molecule has 0 saturated carbocycles. The van der Waals surface area contributed by atoms with Crippen molar-refractivity contribution in [2.45, 2.75) is 47.5 Å². The van der Waals surface area contributed by atoms with Crippen LogP contribution in [0.2, 0.25) is 0 Å². The van der Waals surface area contributed by atoms with E-state index in [0.29, 0.717) is 12.8 Å². The molecule has 0 rings (SSSR count). The maximum Gasteiger partial charge on any atom is 0.161 e. The van der Waals surface area contributed by atoms with Gasteiger partial charge in [-0.15, -0.1) is 0 Å². The number of nitriles is 1. The number of carbonyl (C=O) groups excluding carboxylic acids is 2. The summed E-state index contributed by atoms with van der Waals surface area (Å²) in [6.07, 6.45) is 7.23. The molecule has 0 aliphatic rings. The van der Waals surface area contributed by atoms with Crippen molar-refractivity contribution in [3.63, 3.8) is 0 Å². The lowest BCUT2D eigenvalue weighted by molar-refractivity contribution is -0.122. The van der Waals surface area contributed by atoms with Crippen molar-refractivity contribution in [3.05, 3.63) is 24.3 Å². The van der Waals surface area contributed by atoms with Crippen LogP contribution in [0.15, 0.2) is 24.3 Å². The number of allylic oxidation sites excluding steroid dienone is 4. The number of nitrogens with zero attached hydrogens (tertiary/aromatic N) is 1. The Kier molecular flexibility index (Phi) is 6.41. The summed E-state index contributed by atoms with van der Waals surface area (Å²) in [5.41, 5.74) is -0.875. The van der Waals surface area contributed by atoms with E-state index in [1.54, 1.807) is 6.08 Å². The summed E-state index contributed by atoms with van der Waals surface area (Å²) < 4.78 is 0. The monoisotopic (exact) mass is 261 g/mol. The zero-order valence-corrected chi connectivity index (χ0v) is 12.5. The van der Waals surface area contributed by atoms with E-state index >= 15 is 0 Å². The van der Waals surface area contributed by atoms with E-state index in [2.05, 4.69) is 0 Å². The molecule has 0 aliphatic heterocycles. The van der Waals surface area contributed by atoms with Crippen LogP contribution in [0.3, 0.4) is 0 Å². The Morgan fingerprint density at radius 1 is 1.05 bits per heavy atom. The molecular weight excluding hydrogens is 238 g/mol. The molecule has 0 radical (unpaired) electrons. The minimum Gasteiger partial charge on any atom is -0.294 e. The minimum absolute atomic E-state index is 0.0652. The summed E-state index contributed by atoms with van der Waals surface area (Å²) in [6.45, 7) is 9.31. The van der Waals surface area contributed by atoms with Crippen molar-refractivity contribution in [1.82, 2.24) is 0 Å². The molecule has 0 atom stereocenters. The third-order valence-corrected chi connectivity index (χ3v) is 2.92. The third-order valence-electron chi connectivity index (χ3n) is 2.92. The van der Waals surface area contributed by atoms with Gasteiger partial charge in [-0.05, 0) is 25.0 Å². The maximum absolute atomic E-state index is 11.8. The highest BCUT2D eigenvalue weighted by atomic mass is 16.1. The second kappa shape index (κ2) is 7.04. The van der Waals surface area contributed by atoms with E-state index in [4.69, 9.17) is 5.26 Å². The van der Waals surface area contributed by atoms with E-state index in [0.717, 1.165) is 0 Å². The van der Waals surface area contributed by atoms with Crippen LogP contribution >= 0.6 is 0 Å². The average Bonchev–Trinajstić information content (AvgIpc) is 2.29. The largest absolute Gasteiger partial charge is 0.294 e. The highest BCUT2D eigenvalue weighted by Crippen LogP contribution is 2.24. The van der Waals surface area contributed by atoms with E-state index in [-0.39, 0.29) is 17.0 Å². The fraction of sp³-hybridized carbons (Fsp3) is 0.562. The molecule has 0 fully saturated rings. The first-order valence-corrected chi connectivity index (χ1v) is 6.43. The summed E-state index contributed by atoms with van der Waals surface area (Å²) >= 11 is 0. The highest BCUT2D eigenvalue weighted by Gasteiger charge is 2.24. The van der Waals surface area contributed by atoms with Crippen LogP contribution in [0.4, 0.5) is 0 Å². The molecule has 0 heterocycles. The smallest absolute Gasteiger partial charge is 0.161 e. The first kappa shape index (κ1) is 17.3. The highest BCUT2D eigenvalue weighted by molar-refractivity contribution is 5.95. The lowest BCUT2D eigenvalue weighted by Crippen LogP contribution is -2.22. The van der Waals surface area contributed by atoms with Crippen LogP contribution < -0.4 is 0 Å². The summed E-state index contributed by atoms with van der Waals surface area (Å²) in [5, 5.41) is 8.39. The molecule has 0 amide bonds. The van der Waals surface area contributed by atoms with Crippen LogP contribution in [0, 0.1) is 22.2 Å². The van der Waals surface area contributed by atoms with Gasteiger partial charge in [0.15, 0.2) is 11.6 Å². The number of hydrogen-bond acceptors (Lipinski definition) is 3. The Bertz CT molecular complexity index is 429. The summed E-state index contributed by atoms with van der Waals surface area (Å²) in [7, 11) is 0. The van der Waals surface area contributed by atoms with Gasteiger partial charge in [-0.25, -0.2) is 0 Å². The Morgan fingerprint density at radius 2 is 1.63 bits per heavy atom. The quantitative estimate of drug-likeness (QED) is 0.542. The van der Waals surface area contributed by atoms with E-state index < -0.39 is 5.41 Å². The SMILES string of the molecule is CC(C)(C)C(=O)/C=C/CCC(C)(C)C(=O)/C=C\C#N. The molecule has 0 spiro atoms. The van der Waals surface area contributed by atoms with Gasteiger partial charge >= 0.3 is 0 Å². The molecule has 0 N–H and O–H groups in total. The normalized spacial score (nSPS) is 12.8. The fourth-order valence-corrected chi connectivity index (χ4v) is 1.35. The van der Waals surface area contributed by atoms with Crippen LogP contribution in [0.1, 0.15) is 47.5 Å². The average molecular weight is 261 g/mol. The molecule has 3 heteroatoms. The zero-order valence-electron chi connectivity index (χ0n) is 12.5. The molecule has 0 aromatic heterocycles. The Morgan fingerprint density at radius 3 is 2.11 bits per heavy atom. The summed E-state index contributed by atoms with van der Waals surface area (Å²) in [4.78, 5) is 23.4. The third kappa shape index (κ3) is 6.71. The van der Waals surface area contributed by atoms with Gasteiger partial charge in [0.05, 0.1) is 6.07 Å². The van der Waals surface area contributed by atoms with E-state index in [1.165, 1.54) is 12.2 Å². The van der Waals surface area contributed by atoms with Crippen LogP contribution in [0.25, 0.3) is 0 Å². The molecule has 0 aliphatic carbocycles. The first-order chi connectivity index (χ1) is 8.61. The van der Waals surface area contributed by atoms with Gasteiger partial charge < -0.3 is 0 Å². The predicted molar refractivity (Wildman–Crippen MR) is 76.4 cm³/mol. The number of hydrogen-bond donors (Lipinski definition) is 0. The van der Waals surface area contributed by atoms with Crippen molar-refractivity contribution in [3.8, 4) is 6.07 Å². The molecule has 0 aromatic rings. The minimum atomic E-state index is -0.511. The fourth-order valence-electron chi connectivity index (χ4n) is 1.35. The predicted octanol–water partition coefficient (Wildman–Crippen LogP) is 3.61. The Labute approximate surface area is 116 Å². The van der Waals surface area contributed by atoms with Crippen molar-refractivity contribution in [1.29, 1.82) is 5.26 Å². The van der Waals surface area contributed by atoms with Crippen LogP contribution in [0.5, 0.6) is 0 Å². The van der Waals surface area contributed by atoms with Gasteiger partial charge in [-0.2, -0.15) is 5.26 Å².